The lowest BCUT2D eigenvalue weighted by molar-refractivity contribution is -0.117. The lowest BCUT2D eigenvalue weighted by atomic mass is 10.1. The van der Waals surface area contributed by atoms with Crippen LogP contribution in [-0.2, 0) is 4.79 Å². The van der Waals surface area contributed by atoms with Gasteiger partial charge in [-0.25, -0.2) is 4.39 Å². The van der Waals surface area contributed by atoms with E-state index in [4.69, 9.17) is 9.47 Å². The van der Waals surface area contributed by atoms with E-state index in [1.54, 1.807) is 44.6 Å². The second-order valence-corrected chi connectivity index (χ2v) is 5.22. The van der Waals surface area contributed by atoms with E-state index < -0.39 is 0 Å². The van der Waals surface area contributed by atoms with Gasteiger partial charge < -0.3 is 14.8 Å². The number of hydrogen-bond acceptors (Lipinski definition) is 3. The lowest BCUT2D eigenvalue weighted by Crippen LogP contribution is -2.25. The minimum absolute atomic E-state index is 0.253. The predicted molar refractivity (Wildman–Crippen MR) is 91.5 cm³/mol. The molecule has 1 amide bonds. The van der Waals surface area contributed by atoms with Crippen LogP contribution in [0.15, 0.2) is 48.5 Å². The standard InChI is InChI=1S/C19H20FNO3/c1-13(17-12-16(23-2)9-10-18(17)24-3)21-19(22)11-6-14-4-7-15(20)8-5-14/h4-13H,1-3H3,(H,21,22)/b11-6+. The highest BCUT2D eigenvalue weighted by atomic mass is 19.1. The molecule has 126 valence electrons. The maximum atomic E-state index is 12.9. The maximum absolute atomic E-state index is 12.9. The molecule has 4 nitrogen and oxygen atoms in total. The van der Waals surface area contributed by atoms with Crippen molar-refractivity contribution in [2.45, 2.75) is 13.0 Å². The Morgan fingerprint density at radius 3 is 2.46 bits per heavy atom. The normalized spacial score (nSPS) is 12.0. The Bertz CT molecular complexity index is 726. The van der Waals surface area contributed by atoms with E-state index in [0.29, 0.717) is 11.5 Å². The van der Waals surface area contributed by atoms with Crippen LogP contribution >= 0.6 is 0 Å². The first-order valence-electron chi connectivity index (χ1n) is 7.49. The number of methoxy groups -OCH3 is 2. The Labute approximate surface area is 140 Å². The Balaban J connectivity index is 2.07. The van der Waals surface area contributed by atoms with E-state index in [9.17, 15) is 9.18 Å². The van der Waals surface area contributed by atoms with Gasteiger partial charge in [0.2, 0.25) is 5.91 Å². The molecule has 0 bridgehead atoms. The number of nitrogens with one attached hydrogen (secondary N) is 1. The van der Waals surface area contributed by atoms with Crippen LogP contribution in [0.4, 0.5) is 4.39 Å². The lowest BCUT2D eigenvalue weighted by Gasteiger charge is -2.17. The Morgan fingerprint density at radius 1 is 1.12 bits per heavy atom. The molecule has 24 heavy (non-hydrogen) atoms. The summed E-state index contributed by atoms with van der Waals surface area (Å²) in [6.45, 7) is 1.86. The third kappa shape index (κ3) is 4.59. The smallest absolute Gasteiger partial charge is 0.244 e. The Morgan fingerprint density at radius 2 is 1.83 bits per heavy atom. The van der Waals surface area contributed by atoms with Gasteiger partial charge in [-0.2, -0.15) is 0 Å². The van der Waals surface area contributed by atoms with Crippen molar-refractivity contribution in [2.24, 2.45) is 0 Å². The molecule has 0 heterocycles. The third-order valence-corrected chi connectivity index (χ3v) is 3.56. The van der Waals surface area contributed by atoms with Gasteiger partial charge in [-0.05, 0) is 48.9 Å². The van der Waals surface area contributed by atoms with Gasteiger partial charge in [0.1, 0.15) is 17.3 Å². The van der Waals surface area contributed by atoms with Gasteiger partial charge in [0.25, 0.3) is 0 Å². The van der Waals surface area contributed by atoms with Crippen LogP contribution in [0.2, 0.25) is 0 Å². The van der Waals surface area contributed by atoms with E-state index in [-0.39, 0.29) is 17.8 Å². The molecule has 0 aliphatic heterocycles. The Kier molecular flexibility index (Phi) is 5.95. The average Bonchev–Trinajstić information content (AvgIpc) is 2.60. The fraction of sp³-hybridized carbons (Fsp3) is 0.211. The van der Waals surface area contributed by atoms with Crippen molar-refractivity contribution in [3.05, 3.63) is 65.5 Å². The van der Waals surface area contributed by atoms with E-state index in [1.165, 1.54) is 18.2 Å². The summed E-state index contributed by atoms with van der Waals surface area (Å²) in [6, 6.07) is 11.1. The van der Waals surface area contributed by atoms with Crippen molar-refractivity contribution < 1.29 is 18.7 Å². The van der Waals surface area contributed by atoms with Gasteiger partial charge in [0.15, 0.2) is 0 Å². The van der Waals surface area contributed by atoms with Crippen LogP contribution in [0, 0.1) is 5.82 Å². The summed E-state index contributed by atoms with van der Waals surface area (Å²) in [7, 11) is 3.16. The van der Waals surface area contributed by atoms with Crippen LogP contribution in [-0.4, -0.2) is 20.1 Å². The largest absolute Gasteiger partial charge is 0.497 e. The summed E-state index contributed by atoms with van der Waals surface area (Å²) >= 11 is 0. The van der Waals surface area contributed by atoms with E-state index in [0.717, 1.165) is 11.1 Å². The molecule has 0 aliphatic rings. The van der Waals surface area contributed by atoms with E-state index in [2.05, 4.69) is 5.32 Å². The van der Waals surface area contributed by atoms with Crippen LogP contribution in [0.5, 0.6) is 11.5 Å². The molecule has 2 rings (SSSR count). The fourth-order valence-corrected chi connectivity index (χ4v) is 2.26. The molecular weight excluding hydrogens is 309 g/mol. The number of carbonyl (C=O) groups is 1. The van der Waals surface area contributed by atoms with Gasteiger partial charge in [0, 0.05) is 11.6 Å². The topological polar surface area (TPSA) is 47.6 Å². The summed E-state index contributed by atoms with van der Waals surface area (Å²) in [4.78, 5) is 12.1. The zero-order chi connectivity index (χ0) is 17.5. The first-order valence-corrected chi connectivity index (χ1v) is 7.49. The summed E-state index contributed by atoms with van der Waals surface area (Å²) < 4.78 is 23.4. The molecule has 0 saturated heterocycles. The highest BCUT2D eigenvalue weighted by Crippen LogP contribution is 2.29. The number of halogens is 1. The van der Waals surface area contributed by atoms with Crippen LogP contribution in [0.1, 0.15) is 24.1 Å². The fourth-order valence-electron chi connectivity index (χ4n) is 2.26. The van der Waals surface area contributed by atoms with Crippen molar-refractivity contribution in [1.82, 2.24) is 5.32 Å². The van der Waals surface area contributed by atoms with Gasteiger partial charge in [-0.15, -0.1) is 0 Å². The second-order valence-electron chi connectivity index (χ2n) is 5.22. The van der Waals surface area contributed by atoms with Crippen molar-refractivity contribution in [1.29, 1.82) is 0 Å². The number of ether oxygens (including phenoxy) is 2. The molecule has 1 N–H and O–H groups in total. The average molecular weight is 329 g/mol. The first kappa shape index (κ1) is 17.5. The van der Waals surface area contributed by atoms with Gasteiger partial charge in [-0.3, -0.25) is 4.79 Å². The SMILES string of the molecule is COc1ccc(OC)c(C(C)NC(=O)/C=C/c2ccc(F)cc2)c1. The van der Waals surface area contributed by atoms with Crippen LogP contribution in [0.3, 0.4) is 0 Å². The highest BCUT2D eigenvalue weighted by molar-refractivity contribution is 5.92. The van der Waals surface area contributed by atoms with Crippen LogP contribution < -0.4 is 14.8 Å². The summed E-state index contributed by atoms with van der Waals surface area (Å²) in [5.41, 5.74) is 1.57. The first-order chi connectivity index (χ1) is 11.5. The van der Waals surface area contributed by atoms with E-state index >= 15 is 0 Å². The number of benzene rings is 2. The number of hydrogen-bond donors (Lipinski definition) is 1. The van der Waals surface area contributed by atoms with Crippen LogP contribution in [0.25, 0.3) is 6.08 Å². The molecule has 0 radical (unpaired) electrons. The molecule has 2 aromatic rings. The monoisotopic (exact) mass is 329 g/mol. The second kappa shape index (κ2) is 8.15. The molecular formula is C19H20FNO3. The summed E-state index contributed by atoms with van der Waals surface area (Å²) in [5, 5.41) is 2.87. The van der Waals surface area contributed by atoms with Crippen molar-refractivity contribution >= 4 is 12.0 Å². The van der Waals surface area contributed by atoms with Crippen molar-refractivity contribution in [3.8, 4) is 11.5 Å². The molecule has 0 fully saturated rings. The Hall–Kier alpha value is -2.82. The molecule has 5 heteroatoms. The molecule has 0 saturated carbocycles. The van der Waals surface area contributed by atoms with Gasteiger partial charge >= 0.3 is 0 Å². The molecule has 0 aliphatic carbocycles. The number of amides is 1. The van der Waals surface area contributed by atoms with E-state index in [1.807, 2.05) is 13.0 Å². The quantitative estimate of drug-likeness (QED) is 0.822. The highest BCUT2D eigenvalue weighted by Gasteiger charge is 2.14. The number of carbonyl (C=O) groups excluding carboxylic acids is 1. The number of rotatable bonds is 6. The molecule has 0 spiro atoms. The molecule has 2 aromatic carbocycles. The van der Waals surface area contributed by atoms with Gasteiger partial charge in [-0.1, -0.05) is 12.1 Å². The maximum Gasteiger partial charge on any atom is 0.244 e. The molecule has 1 unspecified atom stereocenters. The van der Waals surface area contributed by atoms with Gasteiger partial charge in [0.05, 0.1) is 20.3 Å². The predicted octanol–water partition coefficient (Wildman–Crippen LogP) is 3.73. The van der Waals surface area contributed by atoms with Crippen molar-refractivity contribution in [3.63, 3.8) is 0 Å². The molecule has 0 aromatic heterocycles. The molecule has 1 atom stereocenters. The van der Waals surface area contributed by atoms with Crippen molar-refractivity contribution in [2.75, 3.05) is 14.2 Å². The summed E-state index contributed by atoms with van der Waals surface area (Å²) in [6.07, 6.45) is 3.04. The summed E-state index contributed by atoms with van der Waals surface area (Å²) in [5.74, 6) is 0.798. The minimum Gasteiger partial charge on any atom is -0.497 e. The zero-order valence-electron chi connectivity index (χ0n) is 13.9. The zero-order valence-corrected chi connectivity index (χ0v) is 13.9. The third-order valence-electron chi connectivity index (χ3n) is 3.56. The minimum atomic E-state index is -0.310.